The van der Waals surface area contributed by atoms with Gasteiger partial charge in [0.05, 0.1) is 19.8 Å². The van der Waals surface area contributed by atoms with E-state index in [0.29, 0.717) is 5.96 Å². The smallest absolute Gasteiger partial charge is 0.191 e. The number of fused-ring (bicyclic) bond motifs is 1. The number of halogens is 1. The zero-order valence-electron chi connectivity index (χ0n) is 12.1. The number of ether oxygens (including phenoxy) is 2. The lowest BCUT2D eigenvalue weighted by atomic mass is 10.1. The van der Waals surface area contributed by atoms with Crippen molar-refractivity contribution in [3.63, 3.8) is 0 Å². The number of rotatable bonds is 3. The van der Waals surface area contributed by atoms with Crippen LogP contribution >= 0.6 is 24.0 Å². The molecule has 0 unspecified atom stereocenters. The Morgan fingerprint density at radius 3 is 2.86 bits per heavy atom. The van der Waals surface area contributed by atoms with Crippen LogP contribution in [0.2, 0.25) is 0 Å². The summed E-state index contributed by atoms with van der Waals surface area (Å²) in [5, 5.41) is 0. The highest BCUT2D eigenvalue weighted by molar-refractivity contribution is 14.0. The summed E-state index contributed by atoms with van der Waals surface area (Å²) in [5.74, 6) is 1.67. The number of benzene rings is 1. The lowest BCUT2D eigenvalue weighted by Gasteiger charge is -2.27. The van der Waals surface area contributed by atoms with Crippen molar-refractivity contribution >= 4 is 29.9 Å². The molecule has 0 atom stereocenters. The van der Waals surface area contributed by atoms with Gasteiger partial charge < -0.3 is 20.1 Å². The van der Waals surface area contributed by atoms with Gasteiger partial charge in [-0.25, -0.2) is 0 Å². The van der Waals surface area contributed by atoms with Gasteiger partial charge in [0.2, 0.25) is 0 Å². The van der Waals surface area contributed by atoms with Crippen LogP contribution in [-0.4, -0.2) is 50.3 Å². The van der Waals surface area contributed by atoms with Gasteiger partial charge >= 0.3 is 0 Å². The molecule has 2 aliphatic heterocycles. The van der Waals surface area contributed by atoms with E-state index in [2.05, 4.69) is 28.1 Å². The van der Waals surface area contributed by atoms with Crippen LogP contribution in [0, 0.1) is 0 Å². The van der Waals surface area contributed by atoms with E-state index in [9.17, 15) is 0 Å². The van der Waals surface area contributed by atoms with E-state index in [4.69, 9.17) is 15.2 Å². The molecule has 5 nitrogen and oxygen atoms in total. The van der Waals surface area contributed by atoms with Gasteiger partial charge in [-0.3, -0.25) is 4.99 Å². The number of aliphatic imine (C=N–C) groups is 1. The van der Waals surface area contributed by atoms with Crippen LogP contribution in [0.1, 0.15) is 11.1 Å². The van der Waals surface area contributed by atoms with Crippen molar-refractivity contribution in [3.05, 3.63) is 29.3 Å². The van der Waals surface area contributed by atoms with E-state index in [-0.39, 0.29) is 24.0 Å². The van der Waals surface area contributed by atoms with Crippen LogP contribution in [-0.2, 0) is 17.6 Å². The van der Waals surface area contributed by atoms with Crippen molar-refractivity contribution in [1.29, 1.82) is 0 Å². The van der Waals surface area contributed by atoms with E-state index >= 15 is 0 Å². The number of nitrogens with zero attached hydrogens (tertiary/aromatic N) is 2. The number of hydrogen-bond acceptors (Lipinski definition) is 3. The zero-order chi connectivity index (χ0) is 13.8. The van der Waals surface area contributed by atoms with Gasteiger partial charge in [-0.15, -0.1) is 24.0 Å². The molecule has 2 heterocycles. The lowest BCUT2D eigenvalue weighted by Crippen LogP contribution is -2.44. The van der Waals surface area contributed by atoms with Gasteiger partial charge in [0, 0.05) is 26.1 Å². The molecule has 0 bridgehead atoms. The molecule has 3 rings (SSSR count). The SMILES string of the molecule is I.NC(=NCCc1ccc2c(c1)CCO2)N1CCOCC1. The minimum Gasteiger partial charge on any atom is -0.493 e. The summed E-state index contributed by atoms with van der Waals surface area (Å²) in [5.41, 5.74) is 8.61. The Morgan fingerprint density at radius 1 is 1.24 bits per heavy atom. The first-order chi connectivity index (χ1) is 9.83. The maximum atomic E-state index is 6.00. The lowest BCUT2D eigenvalue weighted by molar-refractivity contribution is 0.0674. The predicted molar refractivity (Wildman–Crippen MR) is 93.6 cm³/mol. The highest BCUT2D eigenvalue weighted by Crippen LogP contribution is 2.25. The van der Waals surface area contributed by atoms with Gasteiger partial charge in [0.15, 0.2) is 5.96 Å². The molecule has 1 fully saturated rings. The molecular formula is C15H22IN3O2. The molecule has 0 amide bonds. The molecule has 1 saturated heterocycles. The molecule has 6 heteroatoms. The van der Waals surface area contributed by atoms with Gasteiger partial charge in [-0.1, -0.05) is 12.1 Å². The second-order valence-corrected chi connectivity index (χ2v) is 5.13. The topological polar surface area (TPSA) is 60.1 Å². The monoisotopic (exact) mass is 403 g/mol. The molecule has 0 spiro atoms. The van der Waals surface area contributed by atoms with E-state index in [0.717, 1.165) is 58.0 Å². The van der Waals surface area contributed by atoms with Crippen LogP contribution in [0.25, 0.3) is 0 Å². The summed E-state index contributed by atoms with van der Waals surface area (Å²) < 4.78 is 10.8. The fourth-order valence-corrected chi connectivity index (χ4v) is 2.59. The summed E-state index contributed by atoms with van der Waals surface area (Å²) in [7, 11) is 0. The Balaban J connectivity index is 0.00000161. The van der Waals surface area contributed by atoms with Crippen molar-refractivity contribution in [3.8, 4) is 5.75 Å². The maximum absolute atomic E-state index is 6.00. The van der Waals surface area contributed by atoms with E-state index < -0.39 is 0 Å². The highest BCUT2D eigenvalue weighted by Gasteiger charge is 2.13. The summed E-state index contributed by atoms with van der Waals surface area (Å²) in [4.78, 5) is 6.55. The van der Waals surface area contributed by atoms with Gasteiger partial charge in [-0.05, 0) is 23.6 Å². The minimum absolute atomic E-state index is 0. The van der Waals surface area contributed by atoms with Crippen LogP contribution in [0.5, 0.6) is 5.75 Å². The second-order valence-electron chi connectivity index (χ2n) is 5.13. The number of nitrogens with two attached hydrogens (primary N) is 1. The Labute approximate surface area is 142 Å². The zero-order valence-corrected chi connectivity index (χ0v) is 14.4. The predicted octanol–water partition coefficient (Wildman–Crippen LogP) is 1.43. The van der Waals surface area contributed by atoms with Crippen LogP contribution < -0.4 is 10.5 Å². The Bertz CT molecular complexity index is 502. The molecule has 0 saturated carbocycles. The van der Waals surface area contributed by atoms with Crippen molar-refractivity contribution in [2.75, 3.05) is 39.5 Å². The van der Waals surface area contributed by atoms with Crippen molar-refractivity contribution < 1.29 is 9.47 Å². The molecule has 0 radical (unpaired) electrons. The first-order valence-corrected chi connectivity index (χ1v) is 7.20. The Morgan fingerprint density at radius 2 is 2.05 bits per heavy atom. The molecule has 21 heavy (non-hydrogen) atoms. The summed E-state index contributed by atoms with van der Waals surface area (Å²) in [6, 6.07) is 6.40. The van der Waals surface area contributed by atoms with E-state index in [1.165, 1.54) is 11.1 Å². The molecule has 0 aliphatic carbocycles. The van der Waals surface area contributed by atoms with Crippen LogP contribution in [0.15, 0.2) is 23.2 Å². The molecule has 2 aliphatic rings. The third kappa shape index (κ3) is 4.23. The first-order valence-electron chi connectivity index (χ1n) is 7.20. The quantitative estimate of drug-likeness (QED) is 0.472. The fourth-order valence-electron chi connectivity index (χ4n) is 2.59. The molecule has 116 valence electrons. The molecule has 1 aromatic rings. The van der Waals surface area contributed by atoms with Crippen LogP contribution in [0.4, 0.5) is 0 Å². The van der Waals surface area contributed by atoms with Gasteiger partial charge in [-0.2, -0.15) is 0 Å². The average Bonchev–Trinajstić information content (AvgIpc) is 2.95. The molecule has 1 aromatic carbocycles. The van der Waals surface area contributed by atoms with Crippen molar-refractivity contribution in [2.24, 2.45) is 10.7 Å². The second kappa shape index (κ2) is 7.84. The first kappa shape index (κ1) is 16.4. The van der Waals surface area contributed by atoms with Gasteiger partial charge in [0.1, 0.15) is 5.75 Å². The largest absolute Gasteiger partial charge is 0.493 e. The summed E-state index contributed by atoms with van der Waals surface area (Å²) in [6.45, 7) is 4.68. The standard InChI is InChI=1S/C15H21N3O2.HI/c16-15(18-6-9-19-10-7-18)17-5-3-12-1-2-14-13(11-12)4-8-20-14;/h1-2,11H,3-10H2,(H2,16,17);1H. The molecular weight excluding hydrogens is 381 g/mol. The average molecular weight is 403 g/mol. The van der Waals surface area contributed by atoms with E-state index in [1.54, 1.807) is 0 Å². The Kier molecular flexibility index (Phi) is 6.10. The molecule has 2 N–H and O–H groups in total. The highest BCUT2D eigenvalue weighted by atomic mass is 127. The van der Waals surface area contributed by atoms with E-state index in [1.807, 2.05) is 0 Å². The minimum atomic E-state index is 0. The normalized spacial score (nSPS) is 17.9. The van der Waals surface area contributed by atoms with Gasteiger partial charge in [0.25, 0.3) is 0 Å². The van der Waals surface area contributed by atoms with Crippen molar-refractivity contribution in [2.45, 2.75) is 12.8 Å². The third-order valence-electron chi connectivity index (χ3n) is 3.76. The number of guanidine groups is 1. The van der Waals surface area contributed by atoms with Crippen LogP contribution in [0.3, 0.4) is 0 Å². The molecule has 0 aromatic heterocycles. The summed E-state index contributed by atoms with van der Waals surface area (Å²) >= 11 is 0. The number of hydrogen-bond donors (Lipinski definition) is 1. The maximum Gasteiger partial charge on any atom is 0.191 e. The third-order valence-corrected chi connectivity index (χ3v) is 3.76. The number of morpholine rings is 1. The fraction of sp³-hybridized carbons (Fsp3) is 0.533. The summed E-state index contributed by atoms with van der Waals surface area (Å²) in [6.07, 6.45) is 1.93. The Hall–Kier alpha value is -1.02. The van der Waals surface area contributed by atoms with Crippen molar-refractivity contribution in [1.82, 2.24) is 4.90 Å².